The predicted octanol–water partition coefficient (Wildman–Crippen LogP) is 4.46. The van der Waals surface area contributed by atoms with Crippen molar-refractivity contribution in [3.8, 4) is 0 Å². The fraction of sp³-hybridized carbons (Fsp3) is 0.286. The molecule has 0 atom stereocenters. The topological polar surface area (TPSA) is 51.0 Å². The average Bonchev–Trinajstić information content (AvgIpc) is 2.85. The van der Waals surface area contributed by atoms with E-state index in [9.17, 15) is 4.79 Å². The van der Waals surface area contributed by atoms with E-state index in [1.807, 2.05) is 31.1 Å². The van der Waals surface area contributed by atoms with Gasteiger partial charge in [-0.15, -0.1) is 11.3 Å². The summed E-state index contributed by atoms with van der Waals surface area (Å²) in [5, 5.41) is 0.948. The molecule has 0 aliphatic heterocycles. The first-order chi connectivity index (χ1) is 13.0. The van der Waals surface area contributed by atoms with E-state index < -0.39 is 0 Å². The van der Waals surface area contributed by atoms with Crippen LogP contribution >= 0.6 is 11.3 Å². The maximum Gasteiger partial charge on any atom is 0.275 e. The highest BCUT2D eigenvalue weighted by atomic mass is 32.1. The Balaban J connectivity index is 1.92. The fourth-order valence-corrected chi connectivity index (χ4v) is 4.36. The van der Waals surface area contributed by atoms with Crippen LogP contribution in [-0.4, -0.2) is 28.6 Å². The first-order valence-corrected chi connectivity index (χ1v) is 9.83. The molecule has 0 spiro atoms. The van der Waals surface area contributed by atoms with Gasteiger partial charge in [-0.25, -0.2) is 9.97 Å². The molecule has 1 aliphatic rings. The van der Waals surface area contributed by atoms with Gasteiger partial charge in [-0.3, -0.25) is 9.36 Å². The molecule has 0 N–H and O–H groups in total. The van der Waals surface area contributed by atoms with Crippen molar-refractivity contribution in [3.05, 3.63) is 58.8 Å². The summed E-state index contributed by atoms with van der Waals surface area (Å²) >= 11 is 1.41. The third kappa shape index (κ3) is 3.00. The van der Waals surface area contributed by atoms with E-state index in [0.717, 1.165) is 27.1 Å². The summed E-state index contributed by atoms with van der Waals surface area (Å²) in [5.41, 5.74) is 3.91. The minimum atomic E-state index is -0.0336. The van der Waals surface area contributed by atoms with Crippen LogP contribution in [-0.2, 0) is 0 Å². The van der Waals surface area contributed by atoms with Crippen molar-refractivity contribution < 1.29 is 0 Å². The molecule has 0 bridgehead atoms. The quantitative estimate of drug-likeness (QED) is 0.675. The maximum absolute atomic E-state index is 13.2. The molecular weight excluding hydrogens is 356 g/mol. The summed E-state index contributed by atoms with van der Waals surface area (Å²) in [6.45, 7) is 4.34. The molecule has 1 aliphatic carbocycles. The average molecular weight is 379 g/mol. The summed E-state index contributed by atoms with van der Waals surface area (Å²) in [4.78, 5) is 25.2. The number of nitrogens with zero attached hydrogens (tertiary/aromatic N) is 4. The second-order valence-electron chi connectivity index (χ2n) is 7.19. The Hall–Kier alpha value is -2.73. The molecule has 0 radical (unpaired) electrons. The Kier molecular flexibility index (Phi) is 4.44. The minimum absolute atomic E-state index is 0.0336. The van der Waals surface area contributed by atoms with Crippen LogP contribution in [0, 0.1) is 5.92 Å². The van der Waals surface area contributed by atoms with Gasteiger partial charge >= 0.3 is 0 Å². The zero-order valence-electron chi connectivity index (χ0n) is 15.9. The Bertz CT molecular complexity index is 1180. The van der Waals surface area contributed by atoms with Gasteiger partial charge < -0.3 is 4.90 Å². The third-order valence-electron chi connectivity index (χ3n) is 4.82. The second kappa shape index (κ2) is 6.78. The van der Waals surface area contributed by atoms with Crippen molar-refractivity contribution in [2.24, 2.45) is 5.92 Å². The molecule has 3 aromatic rings. The number of hydrogen-bond acceptors (Lipinski definition) is 5. The normalized spacial score (nSPS) is 14.6. The van der Waals surface area contributed by atoms with Crippen LogP contribution < -0.4 is 10.5 Å². The van der Waals surface area contributed by atoms with Crippen LogP contribution in [0.3, 0.4) is 0 Å². The van der Waals surface area contributed by atoms with Crippen LogP contribution in [0.1, 0.15) is 20.3 Å². The van der Waals surface area contributed by atoms with Crippen molar-refractivity contribution in [1.82, 2.24) is 14.5 Å². The number of anilines is 1. The van der Waals surface area contributed by atoms with Gasteiger partial charge in [-0.1, -0.05) is 32.1 Å². The van der Waals surface area contributed by atoms with Gasteiger partial charge in [0.15, 0.2) is 0 Å². The van der Waals surface area contributed by atoms with E-state index in [4.69, 9.17) is 0 Å². The van der Waals surface area contributed by atoms with Crippen molar-refractivity contribution in [3.63, 3.8) is 0 Å². The Morgan fingerprint density at radius 2 is 2.04 bits per heavy atom. The standard InChI is InChI=1S/C21H22N4OS/c1-13(2)14-6-5-7-15(9-8-14)25-12-23-18-17-16(24(3)4)10-11-22-20(17)27-19(18)21(25)26/h5-6,8-13H,7H2,1-4H3. The zero-order valence-corrected chi connectivity index (χ0v) is 16.7. The van der Waals surface area contributed by atoms with E-state index in [2.05, 4.69) is 42.0 Å². The molecule has 0 saturated heterocycles. The minimum Gasteiger partial charge on any atom is -0.377 e. The lowest BCUT2D eigenvalue weighted by atomic mass is 10.0. The molecule has 3 aromatic heterocycles. The van der Waals surface area contributed by atoms with Gasteiger partial charge in [0.05, 0.1) is 16.6 Å². The number of allylic oxidation sites excluding steroid dienone is 6. The van der Waals surface area contributed by atoms with Crippen molar-refractivity contribution in [2.45, 2.75) is 20.3 Å². The second-order valence-corrected chi connectivity index (χ2v) is 8.19. The van der Waals surface area contributed by atoms with E-state index in [-0.39, 0.29) is 5.56 Å². The van der Waals surface area contributed by atoms with Gasteiger partial charge in [0.25, 0.3) is 5.56 Å². The SMILES string of the molecule is CC(C)C1=CC=C(n2cnc3c(sc4nccc(N(C)C)c43)c2=O)CC=C1. The van der Waals surface area contributed by atoms with E-state index in [1.165, 1.54) is 16.9 Å². The first-order valence-electron chi connectivity index (χ1n) is 9.01. The number of fused-ring (bicyclic) bond motifs is 3. The lowest BCUT2D eigenvalue weighted by Gasteiger charge is -2.13. The molecule has 0 aromatic carbocycles. The van der Waals surface area contributed by atoms with Gasteiger partial charge in [-0.2, -0.15) is 0 Å². The van der Waals surface area contributed by atoms with Crippen molar-refractivity contribution in [1.29, 1.82) is 0 Å². The zero-order chi connectivity index (χ0) is 19.1. The first kappa shape index (κ1) is 17.7. The molecule has 0 fully saturated rings. The number of pyridine rings is 1. The Labute approximate surface area is 162 Å². The summed E-state index contributed by atoms with van der Waals surface area (Å²) in [5.74, 6) is 0.451. The smallest absolute Gasteiger partial charge is 0.275 e. The summed E-state index contributed by atoms with van der Waals surface area (Å²) in [6.07, 6.45) is 12.5. The van der Waals surface area contributed by atoms with Crippen LogP contribution in [0.4, 0.5) is 5.69 Å². The molecule has 5 nitrogen and oxygen atoms in total. The van der Waals surface area contributed by atoms with Gasteiger partial charge in [-0.05, 0) is 23.6 Å². The lowest BCUT2D eigenvalue weighted by molar-refractivity contribution is 0.792. The molecule has 0 saturated carbocycles. The Morgan fingerprint density at radius 1 is 1.22 bits per heavy atom. The molecule has 0 unspecified atom stereocenters. The molecule has 138 valence electrons. The van der Waals surface area contributed by atoms with Crippen molar-refractivity contribution >= 4 is 43.2 Å². The monoisotopic (exact) mass is 378 g/mol. The summed E-state index contributed by atoms with van der Waals surface area (Å²) in [7, 11) is 3.97. The van der Waals surface area contributed by atoms with E-state index in [1.54, 1.807) is 17.1 Å². The van der Waals surface area contributed by atoms with Gasteiger partial charge in [0.2, 0.25) is 0 Å². The number of rotatable bonds is 3. The number of thiophene rings is 1. The van der Waals surface area contributed by atoms with E-state index >= 15 is 0 Å². The molecule has 3 heterocycles. The summed E-state index contributed by atoms with van der Waals surface area (Å²) < 4.78 is 2.31. The summed E-state index contributed by atoms with van der Waals surface area (Å²) in [6, 6.07) is 1.96. The maximum atomic E-state index is 13.2. The Morgan fingerprint density at radius 3 is 2.78 bits per heavy atom. The molecule has 4 rings (SSSR count). The molecular formula is C21H22N4OS. The third-order valence-corrected chi connectivity index (χ3v) is 5.90. The predicted molar refractivity (Wildman–Crippen MR) is 114 cm³/mol. The van der Waals surface area contributed by atoms with Crippen LogP contribution in [0.2, 0.25) is 0 Å². The highest BCUT2D eigenvalue weighted by Gasteiger charge is 2.17. The van der Waals surface area contributed by atoms with Crippen molar-refractivity contribution in [2.75, 3.05) is 19.0 Å². The van der Waals surface area contributed by atoms with E-state index in [0.29, 0.717) is 17.0 Å². The molecule has 27 heavy (non-hydrogen) atoms. The molecule has 6 heteroatoms. The highest BCUT2D eigenvalue weighted by molar-refractivity contribution is 7.25. The lowest BCUT2D eigenvalue weighted by Crippen LogP contribution is -2.18. The van der Waals surface area contributed by atoms with Crippen LogP contribution in [0.5, 0.6) is 0 Å². The van der Waals surface area contributed by atoms with Crippen LogP contribution in [0.25, 0.3) is 26.1 Å². The van der Waals surface area contributed by atoms with Crippen LogP contribution in [0.15, 0.2) is 53.3 Å². The van der Waals surface area contributed by atoms with Gasteiger partial charge in [0, 0.05) is 32.4 Å². The highest BCUT2D eigenvalue weighted by Crippen LogP contribution is 2.35. The number of aromatic nitrogens is 3. The van der Waals surface area contributed by atoms with Gasteiger partial charge in [0.1, 0.15) is 15.9 Å². The fourth-order valence-electron chi connectivity index (χ4n) is 3.31. The number of hydrogen-bond donors (Lipinski definition) is 0. The largest absolute Gasteiger partial charge is 0.377 e. The molecule has 0 amide bonds.